The second-order valence-electron chi connectivity index (χ2n) is 6.19. The second-order valence-corrected chi connectivity index (χ2v) is 6.19. The molecule has 7 nitrogen and oxygen atoms in total. The summed E-state index contributed by atoms with van der Waals surface area (Å²) in [6, 6.07) is 0.753. The van der Waals surface area contributed by atoms with Crippen LogP contribution in [0.15, 0.2) is 11.3 Å². The van der Waals surface area contributed by atoms with E-state index in [0.717, 1.165) is 37.5 Å². The number of hydrogen-bond donors (Lipinski definition) is 2. The molecule has 7 heteroatoms. The van der Waals surface area contributed by atoms with Gasteiger partial charge in [0.25, 0.3) is 0 Å². The van der Waals surface area contributed by atoms with Crippen molar-refractivity contribution in [3.8, 4) is 0 Å². The van der Waals surface area contributed by atoms with E-state index >= 15 is 0 Å². The minimum atomic E-state index is 0.532. The van der Waals surface area contributed by atoms with E-state index in [1.165, 1.54) is 32.1 Å². The predicted octanol–water partition coefficient (Wildman–Crippen LogP) is 1.13. The van der Waals surface area contributed by atoms with Crippen LogP contribution in [0.2, 0.25) is 0 Å². The van der Waals surface area contributed by atoms with E-state index < -0.39 is 0 Å². The van der Waals surface area contributed by atoms with E-state index in [4.69, 9.17) is 0 Å². The molecule has 130 valence electrons. The fraction of sp³-hybridized carbons (Fsp3) is 0.812. The van der Waals surface area contributed by atoms with Crippen LogP contribution in [0.25, 0.3) is 0 Å². The molecular formula is C16H31N7. The molecule has 1 aromatic rings. The van der Waals surface area contributed by atoms with Crippen molar-refractivity contribution in [3.63, 3.8) is 0 Å². The van der Waals surface area contributed by atoms with Gasteiger partial charge in [-0.15, -0.1) is 0 Å². The molecule has 1 saturated carbocycles. The lowest BCUT2D eigenvalue weighted by atomic mass is 9.94. The summed E-state index contributed by atoms with van der Waals surface area (Å²) in [5.74, 6) is 1.70. The smallest absolute Gasteiger partial charge is 0.191 e. The zero-order valence-corrected chi connectivity index (χ0v) is 14.8. The molecule has 1 aromatic heterocycles. The third-order valence-electron chi connectivity index (χ3n) is 4.48. The van der Waals surface area contributed by atoms with Gasteiger partial charge in [-0.05, 0) is 26.8 Å². The lowest BCUT2D eigenvalue weighted by Crippen LogP contribution is -2.43. The summed E-state index contributed by atoms with van der Waals surface area (Å²) in [7, 11) is 4.12. The Hall–Kier alpha value is -1.63. The molecule has 2 N–H and O–H groups in total. The lowest BCUT2D eigenvalue weighted by Gasteiger charge is -2.31. The van der Waals surface area contributed by atoms with Crippen LogP contribution in [-0.2, 0) is 13.6 Å². The molecule has 0 unspecified atom stereocenters. The summed E-state index contributed by atoms with van der Waals surface area (Å²) in [5.41, 5.74) is 0. The molecule has 0 amide bonds. The van der Waals surface area contributed by atoms with Crippen LogP contribution in [0.1, 0.15) is 44.9 Å². The van der Waals surface area contributed by atoms with Crippen LogP contribution < -0.4 is 10.6 Å². The Morgan fingerprint density at radius 2 is 2.13 bits per heavy atom. The molecule has 0 aliphatic heterocycles. The SMILES string of the molecule is CCNC(=NCc1ncnn1C)NCCN(C)C1CCCCC1. The van der Waals surface area contributed by atoms with E-state index in [1.807, 2.05) is 7.05 Å². The molecule has 0 saturated heterocycles. The van der Waals surface area contributed by atoms with Crippen molar-refractivity contribution < 1.29 is 0 Å². The Bertz CT molecular complexity index is 477. The molecular weight excluding hydrogens is 290 g/mol. The number of aliphatic imine (C=N–C) groups is 1. The first-order valence-electron chi connectivity index (χ1n) is 8.76. The van der Waals surface area contributed by atoms with Gasteiger partial charge < -0.3 is 15.5 Å². The van der Waals surface area contributed by atoms with Crippen LogP contribution >= 0.6 is 0 Å². The van der Waals surface area contributed by atoms with Crippen LogP contribution in [0, 0.1) is 0 Å². The third-order valence-corrected chi connectivity index (χ3v) is 4.48. The van der Waals surface area contributed by atoms with Gasteiger partial charge in [0.05, 0.1) is 0 Å². The maximum absolute atomic E-state index is 4.58. The highest BCUT2D eigenvalue weighted by atomic mass is 15.3. The van der Waals surface area contributed by atoms with Crippen molar-refractivity contribution in [1.29, 1.82) is 0 Å². The van der Waals surface area contributed by atoms with Gasteiger partial charge in [-0.25, -0.2) is 9.98 Å². The monoisotopic (exact) mass is 321 g/mol. The van der Waals surface area contributed by atoms with E-state index in [1.54, 1.807) is 11.0 Å². The summed E-state index contributed by atoms with van der Waals surface area (Å²) in [6.45, 7) is 5.40. The number of aryl methyl sites for hydroxylation is 1. The number of aromatic nitrogens is 3. The second kappa shape index (κ2) is 9.50. The molecule has 1 heterocycles. The van der Waals surface area contributed by atoms with Gasteiger partial charge in [0, 0.05) is 32.7 Å². The fourth-order valence-corrected chi connectivity index (χ4v) is 3.01. The maximum atomic E-state index is 4.58. The Kier molecular flexibility index (Phi) is 7.32. The van der Waals surface area contributed by atoms with Gasteiger partial charge in [-0.3, -0.25) is 4.68 Å². The normalized spacial score (nSPS) is 16.8. The van der Waals surface area contributed by atoms with Gasteiger partial charge in [0.2, 0.25) is 0 Å². The van der Waals surface area contributed by atoms with E-state index in [9.17, 15) is 0 Å². The van der Waals surface area contributed by atoms with Gasteiger partial charge in [0.15, 0.2) is 5.96 Å². The number of rotatable bonds is 7. The highest BCUT2D eigenvalue weighted by Crippen LogP contribution is 2.21. The molecule has 0 spiro atoms. The molecule has 1 fully saturated rings. The van der Waals surface area contributed by atoms with Gasteiger partial charge in [-0.2, -0.15) is 5.10 Å². The van der Waals surface area contributed by atoms with Crippen LogP contribution in [0.4, 0.5) is 0 Å². The zero-order valence-electron chi connectivity index (χ0n) is 14.8. The largest absolute Gasteiger partial charge is 0.357 e. The number of nitrogens with one attached hydrogen (secondary N) is 2. The molecule has 0 bridgehead atoms. The lowest BCUT2D eigenvalue weighted by molar-refractivity contribution is 0.194. The summed E-state index contributed by atoms with van der Waals surface area (Å²) < 4.78 is 1.75. The standard InChI is InChI=1S/C16H31N7/c1-4-17-16(19-12-15-20-13-21-23(15)3)18-10-11-22(2)14-8-6-5-7-9-14/h13-14H,4-12H2,1-3H3,(H2,17,18,19). The Morgan fingerprint density at radius 3 is 2.78 bits per heavy atom. The van der Waals surface area contributed by atoms with Crippen molar-refractivity contribution in [1.82, 2.24) is 30.3 Å². The van der Waals surface area contributed by atoms with Crippen molar-refractivity contribution in [3.05, 3.63) is 12.2 Å². The number of hydrogen-bond acceptors (Lipinski definition) is 4. The van der Waals surface area contributed by atoms with Crippen molar-refractivity contribution >= 4 is 5.96 Å². The minimum absolute atomic E-state index is 0.532. The van der Waals surface area contributed by atoms with Gasteiger partial charge >= 0.3 is 0 Å². The highest BCUT2D eigenvalue weighted by Gasteiger charge is 2.17. The Labute approximate surface area is 139 Å². The first-order chi connectivity index (χ1) is 11.2. The first-order valence-corrected chi connectivity index (χ1v) is 8.76. The van der Waals surface area contributed by atoms with E-state index in [0.29, 0.717) is 6.54 Å². The number of likely N-dealkylation sites (N-methyl/N-ethyl adjacent to an activating group) is 1. The summed E-state index contributed by atoms with van der Waals surface area (Å²) >= 11 is 0. The van der Waals surface area contributed by atoms with E-state index in [2.05, 4.69) is 44.6 Å². The van der Waals surface area contributed by atoms with Crippen LogP contribution in [-0.4, -0.2) is 58.3 Å². The molecule has 1 aliphatic rings. The quantitative estimate of drug-likeness (QED) is 0.582. The molecule has 2 rings (SSSR count). The molecule has 0 radical (unpaired) electrons. The average molecular weight is 321 g/mol. The molecule has 0 aromatic carbocycles. The van der Waals surface area contributed by atoms with Crippen molar-refractivity contribution in [2.75, 3.05) is 26.7 Å². The fourth-order valence-electron chi connectivity index (χ4n) is 3.01. The number of guanidine groups is 1. The summed E-state index contributed by atoms with van der Waals surface area (Å²) in [6.07, 6.45) is 8.41. The minimum Gasteiger partial charge on any atom is -0.357 e. The van der Waals surface area contributed by atoms with Gasteiger partial charge in [0.1, 0.15) is 18.7 Å². The first kappa shape index (κ1) is 17.7. The Morgan fingerprint density at radius 1 is 1.35 bits per heavy atom. The summed E-state index contributed by atoms with van der Waals surface area (Å²) in [4.78, 5) is 11.3. The third kappa shape index (κ3) is 5.82. The molecule has 23 heavy (non-hydrogen) atoms. The Balaban J connectivity index is 1.76. The van der Waals surface area contributed by atoms with Crippen molar-refractivity contribution in [2.45, 2.75) is 51.6 Å². The topological polar surface area (TPSA) is 70.4 Å². The van der Waals surface area contributed by atoms with Crippen LogP contribution in [0.3, 0.4) is 0 Å². The van der Waals surface area contributed by atoms with Crippen LogP contribution in [0.5, 0.6) is 0 Å². The zero-order chi connectivity index (χ0) is 16.5. The maximum Gasteiger partial charge on any atom is 0.191 e. The van der Waals surface area contributed by atoms with Gasteiger partial charge in [-0.1, -0.05) is 19.3 Å². The van der Waals surface area contributed by atoms with Crippen molar-refractivity contribution in [2.24, 2.45) is 12.0 Å². The predicted molar refractivity (Wildman–Crippen MR) is 93.3 cm³/mol. The highest BCUT2D eigenvalue weighted by molar-refractivity contribution is 5.79. The molecule has 0 atom stereocenters. The average Bonchev–Trinajstić information content (AvgIpc) is 2.98. The summed E-state index contributed by atoms with van der Waals surface area (Å²) in [5, 5.41) is 10.8. The van der Waals surface area contributed by atoms with E-state index in [-0.39, 0.29) is 0 Å². The number of nitrogens with zero attached hydrogens (tertiary/aromatic N) is 5. The molecule has 1 aliphatic carbocycles.